The minimum absolute atomic E-state index is 0.0978. The number of anilines is 1. The molecule has 1 heterocycles. The summed E-state index contributed by atoms with van der Waals surface area (Å²) in [4.78, 5) is 7.92. The Hall–Kier alpha value is -1.86. The molecular weight excluding hydrogens is 253 g/mol. The molecule has 0 aromatic heterocycles. The largest absolute Gasteiger partial charge is 0.369 e. The number of piperazine rings is 1. The first-order valence-corrected chi connectivity index (χ1v) is 6.83. The number of hydrogen-bond donors (Lipinski definition) is 0. The number of halogens is 1. The smallest absolute Gasteiger partial charge is 0.152 e. The maximum atomic E-state index is 12.9. The van der Waals surface area contributed by atoms with Crippen LogP contribution in [0.25, 0.3) is 4.85 Å². The third kappa shape index (κ3) is 3.37. The first-order valence-electron chi connectivity index (χ1n) is 6.83. The van der Waals surface area contributed by atoms with Crippen LogP contribution in [0.3, 0.4) is 0 Å². The molecule has 0 N–H and O–H groups in total. The van der Waals surface area contributed by atoms with E-state index in [1.165, 1.54) is 18.3 Å². The Bertz CT molecular complexity index is 506. The van der Waals surface area contributed by atoms with Crippen LogP contribution in [0.15, 0.2) is 36.5 Å². The van der Waals surface area contributed by atoms with Crippen molar-refractivity contribution < 1.29 is 4.39 Å². The topological polar surface area (TPSA) is 10.8 Å². The van der Waals surface area contributed by atoms with Gasteiger partial charge in [-0.05, 0) is 38.1 Å². The molecule has 0 spiro atoms. The Balaban J connectivity index is 1.97. The lowest BCUT2D eigenvalue weighted by atomic mass is 10.0. The van der Waals surface area contributed by atoms with E-state index >= 15 is 0 Å². The van der Waals surface area contributed by atoms with Gasteiger partial charge in [0.1, 0.15) is 5.82 Å². The lowest BCUT2D eigenvalue weighted by Gasteiger charge is -2.43. The molecule has 1 aromatic carbocycles. The van der Waals surface area contributed by atoms with Gasteiger partial charge in [-0.15, -0.1) is 0 Å². The second-order valence-corrected chi connectivity index (χ2v) is 5.55. The second-order valence-electron chi connectivity index (χ2n) is 5.55. The molecule has 0 bridgehead atoms. The minimum Gasteiger partial charge on any atom is -0.369 e. The fourth-order valence-corrected chi connectivity index (χ4v) is 2.52. The van der Waals surface area contributed by atoms with Crippen LogP contribution in [-0.4, -0.2) is 36.6 Å². The standard InChI is InChI=1S/C16H20FN3/c1-16(2,8-9-18-3)20-12-10-19(11-13-20)15-6-4-14(17)5-7-15/h4-9H,10-13H2,1-2H3/b9-8+. The van der Waals surface area contributed by atoms with Crippen LogP contribution >= 0.6 is 0 Å². The quantitative estimate of drug-likeness (QED) is 0.783. The summed E-state index contributed by atoms with van der Waals surface area (Å²) in [5.41, 5.74) is 0.972. The summed E-state index contributed by atoms with van der Waals surface area (Å²) in [5.74, 6) is -0.196. The Morgan fingerprint density at radius 2 is 1.75 bits per heavy atom. The Labute approximate surface area is 120 Å². The Morgan fingerprint density at radius 3 is 2.30 bits per heavy atom. The molecule has 1 aromatic rings. The molecule has 2 rings (SSSR count). The lowest BCUT2D eigenvalue weighted by molar-refractivity contribution is 0.152. The van der Waals surface area contributed by atoms with Gasteiger partial charge in [-0.2, -0.15) is 0 Å². The summed E-state index contributed by atoms with van der Waals surface area (Å²) in [6.45, 7) is 14.8. The predicted molar refractivity (Wildman–Crippen MR) is 80.0 cm³/mol. The van der Waals surface area contributed by atoms with E-state index in [4.69, 9.17) is 6.57 Å². The second kappa shape index (κ2) is 6.06. The predicted octanol–water partition coefficient (Wildman–Crippen LogP) is 3.16. The first kappa shape index (κ1) is 14.5. The highest BCUT2D eigenvalue weighted by Gasteiger charge is 2.27. The van der Waals surface area contributed by atoms with Crippen LogP contribution < -0.4 is 4.90 Å². The van der Waals surface area contributed by atoms with Crippen molar-refractivity contribution in [3.05, 3.63) is 53.8 Å². The maximum Gasteiger partial charge on any atom is 0.152 e. The van der Waals surface area contributed by atoms with Gasteiger partial charge in [0.25, 0.3) is 0 Å². The van der Waals surface area contributed by atoms with Gasteiger partial charge < -0.3 is 4.90 Å². The summed E-state index contributed by atoms with van der Waals surface area (Å²) in [5, 5.41) is 0. The number of hydrogen-bond acceptors (Lipinski definition) is 2. The van der Waals surface area contributed by atoms with Gasteiger partial charge in [0.05, 0.1) is 6.57 Å². The van der Waals surface area contributed by atoms with Crippen LogP contribution in [0.1, 0.15) is 13.8 Å². The van der Waals surface area contributed by atoms with Gasteiger partial charge in [-0.3, -0.25) is 4.90 Å². The van der Waals surface area contributed by atoms with E-state index in [2.05, 4.69) is 28.5 Å². The van der Waals surface area contributed by atoms with Gasteiger partial charge in [-0.1, -0.05) is 6.08 Å². The number of rotatable bonds is 3. The van der Waals surface area contributed by atoms with Crippen LogP contribution in [0.5, 0.6) is 0 Å². The van der Waals surface area contributed by atoms with E-state index in [9.17, 15) is 4.39 Å². The van der Waals surface area contributed by atoms with E-state index in [1.54, 1.807) is 0 Å². The van der Waals surface area contributed by atoms with Crippen molar-refractivity contribution in [1.82, 2.24) is 4.90 Å². The highest BCUT2D eigenvalue weighted by Crippen LogP contribution is 2.22. The highest BCUT2D eigenvalue weighted by molar-refractivity contribution is 5.46. The van der Waals surface area contributed by atoms with Crippen molar-refractivity contribution in [2.75, 3.05) is 31.1 Å². The summed E-state index contributed by atoms with van der Waals surface area (Å²) >= 11 is 0. The van der Waals surface area contributed by atoms with Gasteiger partial charge in [0, 0.05) is 37.4 Å². The molecule has 1 aliphatic heterocycles. The summed E-state index contributed by atoms with van der Waals surface area (Å²) in [6, 6.07) is 6.66. The fraction of sp³-hybridized carbons (Fsp3) is 0.438. The van der Waals surface area contributed by atoms with Gasteiger partial charge >= 0.3 is 0 Å². The molecule has 1 saturated heterocycles. The Morgan fingerprint density at radius 1 is 1.15 bits per heavy atom. The lowest BCUT2D eigenvalue weighted by Crippen LogP contribution is -2.54. The number of benzene rings is 1. The molecule has 0 amide bonds. The highest BCUT2D eigenvalue weighted by atomic mass is 19.1. The molecule has 4 heteroatoms. The maximum absolute atomic E-state index is 12.9. The normalized spacial score (nSPS) is 17.4. The van der Waals surface area contributed by atoms with E-state index in [1.807, 2.05) is 18.2 Å². The zero-order chi connectivity index (χ0) is 14.6. The summed E-state index contributed by atoms with van der Waals surface area (Å²) < 4.78 is 12.9. The van der Waals surface area contributed by atoms with Crippen LogP contribution in [-0.2, 0) is 0 Å². The summed E-state index contributed by atoms with van der Waals surface area (Å²) in [7, 11) is 0. The molecule has 106 valence electrons. The SMILES string of the molecule is [C-]#[N+]/C=C/C(C)(C)N1CCN(c2ccc(F)cc2)CC1. The molecular formula is C16H20FN3. The average molecular weight is 273 g/mol. The molecule has 0 aliphatic carbocycles. The molecule has 20 heavy (non-hydrogen) atoms. The third-order valence-corrected chi connectivity index (χ3v) is 3.84. The van der Waals surface area contributed by atoms with Crippen LogP contribution in [0, 0.1) is 12.4 Å². The monoisotopic (exact) mass is 273 g/mol. The van der Waals surface area contributed by atoms with Crippen molar-refractivity contribution in [2.45, 2.75) is 19.4 Å². The van der Waals surface area contributed by atoms with Gasteiger partial charge in [0.2, 0.25) is 0 Å². The molecule has 3 nitrogen and oxygen atoms in total. The van der Waals surface area contributed by atoms with Gasteiger partial charge in [-0.25, -0.2) is 9.24 Å². The van der Waals surface area contributed by atoms with Crippen molar-refractivity contribution in [3.8, 4) is 0 Å². The van der Waals surface area contributed by atoms with Crippen molar-refractivity contribution in [2.24, 2.45) is 0 Å². The minimum atomic E-state index is -0.196. The van der Waals surface area contributed by atoms with E-state index < -0.39 is 0 Å². The first-order chi connectivity index (χ1) is 9.53. The molecule has 0 unspecified atom stereocenters. The third-order valence-electron chi connectivity index (χ3n) is 3.84. The van der Waals surface area contributed by atoms with Crippen LogP contribution in [0.2, 0.25) is 0 Å². The molecule has 0 atom stereocenters. The van der Waals surface area contributed by atoms with Crippen LogP contribution in [0.4, 0.5) is 10.1 Å². The van der Waals surface area contributed by atoms with E-state index in [0.29, 0.717) is 0 Å². The Kier molecular flexibility index (Phi) is 4.41. The zero-order valence-electron chi connectivity index (χ0n) is 12.0. The van der Waals surface area contributed by atoms with E-state index in [-0.39, 0.29) is 11.4 Å². The van der Waals surface area contributed by atoms with Gasteiger partial charge in [0.15, 0.2) is 6.20 Å². The van der Waals surface area contributed by atoms with Crippen molar-refractivity contribution in [3.63, 3.8) is 0 Å². The summed E-state index contributed by atoms with van der Waals surface area (Å²) in [6.07, 6.45) is 3.49. The molecule has 0 radical (unpaired) electrons. The van der Waals surface area contributed by atoms with E-state index in [0.717, 1.165) is 31.9 Å². The van der Waals surface area contributed by atoms with Crippen molar-refractivity contribution >= 4 is 5.69 Å². The molecule has 0 saturated carbocycles. The number of nitrogens with zero attached hydrogens (tertiary/aromatic N) is 3. The average Bonchev–Trinajstić information content (AvgIpc) is 2.46. The fourth-order valence-electron chi connectivity index (χ4n) is 2.52. The molecule has 1 fully saturated rings. The zero-order valence-corrected chi connectivity index (χ0v) is 12.0. The molecule has 1 aliphatic rings. The van der Waals surface area contributed by atoms with Crippen molar-refractivity contribution in [1.29, 1.82) is 0 Å².